The van der Waals surface area contributed by atoms with Crippen molar-refractivity contribution < 1.29 is 26.8 Å². The summed E-state index contributed by atoms with van der Waals surface area (Å²) in [5.41, 5.74) is 3.69. The molecule has 0 N–H and O–H groups in total. The van der Waals surface area contributed by atoms with E-state index < -0.39 is 18.2 Å². The zero-order valence-electron chi connectivity index (χ0n) is 24.2. The van der Waals surface area contributed by atoms with Crippen LogP contribution in [0.1, 0.15) is 63.6 Å². The zero-order chi connectivity index (χ0) is 30.2. The minimum Gasteiger partial charge on any atom is -0.415 e. The van der Waals surface area contributed by atoms with Crippen LogP contribution in [0.25, 0.3) is 11.5 Å². The van der Waals surface area contributed by atoms with Gasteiger partial charge in [-0.25, -0.2) is 8.78 Å². The predicted molar refractivity (Wildman–Crippen MR) is 150 cm³/mol. The highest BCUT2D eigenvalue weighted by Crippen LogP contribution is 2.34. The summed E-state index contributed by atoms with van der Waals surface area (Å²) in [6, 6.07) is 9.14. The highest BCUT2D eigenvalue weighted by atomic mass is 19.3. The molecule has 2 aromatic heterocycles. The Labute approximate surface area is 238 Å². The number of aromatic nitrogens is 3. The Morgan fingerprint density at radius 2 is 1.83 bits per heavy atom. The lowest BCUT2D eigenvalue weighted by Crippen LogP contribution is -2.47. The number of aryl methyl sites for hydroxylation is 1. The van der Waals surface area contributed by atoms with Crippen LogP contribution in [0.15, 0.2) is 40.9 Å². The number of benzene rings is 1. The average molecular weight is 579 g/mol. The summed E-state index contributed by atoms with van der Waals surface area (Å²) in [5, 5.41) is 6.98. The molecule has 41 heavy (non-hydrogen) atoms. The van der Waals surface area contributed by atoms with Gasteiger partial charge in [0.1, 0.15) is 0 Å². The van der Waals surface area contributed by atoms with Crippen molar-refractivity contribution in [3.05, 3.63) is 53.7 Å². The molecule has 1 fully saturated rings. The summed E-state index contributed by atoms with van der Waals surface area (Å²) >= 11 is 0. The van der Waals surface area contributed by atoms with Crippen molar-refractivity contribution in [1.29, 1.82) is 0 Å². The van der Waals surface area contributed by atoms with E-state index in [1.165, 1.54) is 13.1 Å². The van der Waals surface area contributed by atoms with E-state index in [1.54, 1.807) is 21.9 Å². The first-order valence-corrected chi connectivity index (χ1v) is 13.8. The topological polar surface area (TPSA) is 78.6 Å². The summed E-state index contributed by atoms with van der Waals surface area (Å²) in [5.74, 6) is -3.49. The molecule has 1 saturated heterocycles. The largest absolute Gasteiger partial charge is 0.415 e. The van der Waals surface area contributed by atoms with Crippen molar-refractivity contribution in [1.82, 2.24) is 20.1 Å². The van der Waals surface area contributed by atoms with Gasteiger partial charge in [0.25, 0.3) is 11.8 Å². The zero-order valence-corrected chi connectivity index (χ0v) is 24.2. The molecule has 1 aliphatic rings. The number of amides is 1. The third-order valence-corrected chi connectivity index (χ3v) is 6.95. The number of carbonyl (C=O) groups is 1. The molecule has 1 amide bonds. The number of piperidine rings is 1. The Hall–Kier alpha value is -3.54. The lowest BCUT2D eigenvalue weighted by atomic mass is 10.0. The van der Waals surface area contributed by atoms with E-state index in [2.05, 4.69) is 15.2 Å². The molecule has 0 spiro atoms. The number of hydrogen-bond acceptors (Lipinski definition) is 7. The Kier molecular flexibility index (Phi) is 11.2. The van der Waals surface area contributed by atoms with E-state index in [-0.39, 0.29) is 24.9 Å². The van der Waals surface area contributed by atoms with Gasteiger partial charge in [0, 0.05) is 38.8 Å². The van der Waals surface area contributed by atoms with Crippen LogP contribution in [0.2, 0.25) is 0 Å². The number of halogens is 4. The van der Waals surface area contributed by atoms with E-state index in [4.69, 9.17) is 4.42 Å². The number of likely N-dealkylation sites (tertiary alicyclic amines) is 1. The van der Waals surface area contributed by atoms with Gasteiger partial charge in [0.2, 0.25) is 12.3 Å². The first-order valence-electron chi connectivity index (χ1n) is 13.8. The fraction of sp³-hybridized carbons (Fsp3) is 0.517. The van der Waals surface area contributed by atoms with Crippen molar-refractivity contribution in [2.24, 2.45) is 0 Å². The molecule has 0 unspecified atom stereocenters. The maximum absolute atomic E-state index is 13.9. The minimum absolute atomic E-state index is 0.0373. The quantitative estimate of drug-likeness (QED) is 0.190. The number of alkyl halides is 4. The van der Waals surface area contributed by atoms with Gasteiger partial charge in [0.05, 0.1) is 35.7 Å². The molecule has 0 bridgehead atoms. The lowest BCUT2D eigenvalue weighted by Gasteiger charge is -2.39. The fourth-order valence-corrected chi connectivity index (χ4v) is 4.70. The summed E-state index contributed by atoms with van der Waals surface area (Å²) in [6.07, 6.45) is 0.453. The molecule has 0 aliphatic carbocycles. The Morgan fingerprint density at radius 3 is 2.39 bits per heavy atom. The number of nitrogens with zero attached hydrogens (tertiary/aromatic N) is 6. The van der Waals surface area contributed by atoms with Gasteiger partial charge < -0.3 is 14.2 Å². The summed E-state index contributed by atoms with van der Waals surface area (Å²) in [6.45, 7) is 8.58. The normalized spacial score (nSPS) is 14.5. The van der Waals surface area contributed by atoms with Gasteiger partial charge >= 0.3 is 6.43 Å². The smallest absolute Gasteiger partial charge is 0.314 e. The molecule has 0 radical (unpaired) electrons. The van der Waals surface area contributed by atoms with E-state index in [9.17, 15) is 22.4 Å². The van der Waals surface area contributed by atoms with Crippen LogP contribution >= 0.6 is 0 Å². The van der Waals surface area contributed by atoms with Crippen LogP contribution in [0.5, 0.6) is 0 Å². The fourth-order valence-electron chi connectivity index (χ4n) is 4.70. The van der Waals surface area contributed by atoms with Crippen LogP contribution in [-0.2, 0) is 11.3 Å². The number of hydrogen-bond donors (Lipinski definition) is 0. The third kappa shape index (κ3) is 8.25. The lowest BCUT2D eigenvalue weighted by molar-refractivity contribution is -0.108. The molecule has 3 aromatic rings. The van der Waals surface area contributed by atoms with E-state index in [0.717, 1.165) is 23.3 Å². The van der Waals surface area contributed by atoms with Gasteiger partial charge in [-0.2, -0.15) is 8.78 Å². The summed E-state index contributed by atoms with van der Waals surface area (Å²) < 4.78 is 58.2. The minimum atomic E-state index is -2.85. The second-order valence-electron chi connectivity index (χ2n) is 9.86. The van der Waals surface area contributed by atoms with Crippen molar-refractivity contribution in [2.75, 3.05) is 36.5 Å². The van der Waals surface area contributed by atoms with E-state index >= 15 is 0 Å². The van der Waals surface area contributed by atoms with E-state index in [1.807, 2.05) is 50.9 Å². The Morgan fingerprint density at radius 1 is 1.12 bits per heavy atom. The summed E-state index contributed by atoms with van der Waals surface area (Å²) in [7, 11) is 1.89. The Balaban J connectivity index is 0.00000226. The van der Waals surface area contributed by atoms with E-state index in [0.29, 0.717) is 43.7 Å². The van der Waals surface area contributed by atoms with Crippen molar-refractivity contribution in [3.63, 3.8) is 0 Å². The summed E-state index contributed by atoms with van der Waals surface area (Å²) in [4.78, 5) is 22.1. The molecular formula is C29H38F4N6O2. The molecule has 224 valence electrons. The molecule has 3 heterocycles. The van der Waals surface area contributed by atoms with Gasteiger partial charge in [-0.1, -0.05) is 26.8 Å². The number of pyridine rings is 1. The second-order valence-corrected chi connectivity index (χ2v) is 9.86. The van der Waals surface area contributed by atoms with Crippen LogP contribution in [0.4, 0.5) is 28.9 Å². The molecule has 0 atom stereocenters. The number of anilines is 2. The molecule has 0 saturated carbocycles. The van der Waals surface area contributed by atoms with Gasteiger partial charge in [-0.15, -0.1) is 10.2 Å². The van der Waals surface area contributed by atoms with Crippen LogP contribution in [0.3, 0.4) is 0 Å². The number of rotatable bonds is 11. The van der Waals surface area contributed by atoms with Crippen molar-refractivity contribution >= 4 is 17.8 Å². The Bertz CT molecular complexity index is 1250. The molecule has 4 rings (SSSR count). The van der Waals surface area contributed by atoms with Gasteiger partial charge in [-0.3, -0.25) is 14.7 Å². The highest BCUT2D eigenvalue weighted by molar-refractivity contribution is 5.85. The predicted octanol–water partition coefficient (Wildman–Crippen LogP) is 6.51. The van der Waals surface area contributed by atoms with Gasteiger partial charge in [0.15, 0.2) is 0 Å². The molecule has 1 aromatic carbocycles. The number of carbonyl (C=O) groups excluding carboxylic acids is 1. The highest BCUT2D eigenvalue weighted by Gasteiger charge is 2.33. The maximum atomic E-state index is 13.9. The molecule has 1 aliphatic heterocycles. The van der Waals surface area contributed by atoms with Crippen LogP contribution in [0, 0.1) is 6.92 Å². The molecule has 8 nitrogen and oxygen atoms in total. The monoisotopic (exact) mass is 578 g/mol. The molecular weight excluding hydrogens is 540 g/mol. The van der Waals surface area contributed by atoms with Crippen LogP contribution < -0.4 is 9.80 Å². The van der Waals surface area contributed by atoms with Gasteiger partial charge in [-0.05, 0) is 49.6 Å². The maximum Gasteiger partial charge on any atom is 0.314 e. The standard InChI is InChI=1S/C27H32F4N6O2.C2H6/c1-4-27(30,31)16-36-11-9-21(10-12-36)37(17-38)22-8-5-18(2)13-23(22)35(3)15-20-7-6-19(14-32-20)25-33-34-26(39-25)24(28)29;1-2/h5-8,13-14,17,21,24H,4,9-12,15-16H2,1-3H3;1-2H3. The second kappa shape index (κ2) is 14.4. The average Bonchev–Trinajstić information content (AvgIpc) is 3.47. The van der Waals surface area contributed by atoms with Crippen molar-refractivity contribution in [2.45, 2.75) is 71.9 Å². The van der Waals surface area contributed by atoms with Crippen LogP contribution in [-0.4, -0.2) is 65.1 Å². The SMILES string of the molecule is CC.CCC(F)(F)CN1CCC(N(C=O)c2ccc(C)cc2N(C)Cc2ccc(-c3nnc(C(F)F)o3)cn2)CC1. The third-order valence-electron chi connectivity index (χ3n) is 6.95. The first-order chi connectivity index (χ1) is 19.6. The van der Waals surface area contributed by atoms with Crippen molar-refractivity contribution in [3.8, 4) is 11.5 Å². The first kappa shape index (κ1) is 32.0. The molecule has 12 heteroatoms.